The maximum atomic E-state index is 9.33. The van der Waals surface area contributed by atoms with E-state index in [1.165, 1.54) is 0 Å². The lowest BCUT2D eigenvalue weighted by molar-refractivity contribution is -0.571. The second-order valence-electron chi connectivity index (χ2n) is 17.3. The predicted molar refractivity (Wildman–Crippen MR) is 255 cm³/mol. The summed E-state index contributed by atoms with van der Waals surface area (Å²) in [6, 6.07) is 29.6. The first-order chi connectivity index (χ1) is 34.9. The third kappa shape index (κ3) is 7.34. The summed E-state index contributed by atoms with van der Waals surface area (Å²) in [5, 5.41) is 2.07. The van der Waals surface area contributed by atoms with Crippen molar-refractivity contribution in [3.8, 4) is 50.9 Å². The summed E-state index contributed by atoms with van der Waals surface area (Å²) in [4.78, 5) is 4.83. The Kier molecular flexibility index (Phi) is 6.82. The smallest absolute Gasteiger partial charge is 0.269 e. The zero-order chi connectivity index (χ0) is 53.1. The third-order valence-corrected chi connectivity index (χ3v) is 10.8. The number of hydrogen-bond acceptors (Lipinski definition) is 2. The Morgan fingerprint density at radius 2 is 1.32 bits per heavy atom. The third-order valence-electron chi connectivity index (χ3n) is 10.8. The summed E-state index contributed by atoms with van der Waals surface area (Å²) >= 11 is 0. The van der Waals surface area contributed by atoms with Gasteiger partial charge in [0.15, 0.2) is 0 Å². The Morgan fingerprint density at radius 1 is 0.645 bits per heavy atom. The SMILES string of the molecule is [2H]c1c([2H])c([2H])c(-c2cccc(-c3c([2H])c([2H])c([2H])c([2H])c3[2H])c2-[n+]2[c-]n(-c3cccc(Oc4ccc5c6ccccc6n(-c6cc(C(C)(C)C)ccn6)c5c4)c3)c3cc(C([2H])([2H])C(C)(C)C)ccc32)c([2H])c1[2H]. The van der Waals surface area contributed by atoms with Crippen LogP contribution in [0.1, 0.15) is 69.1 Å². The predicted octanol–water partition coefficient (Wildman–Crippen LogP) is 14.2. The van der Waals surface area contributed by atoms with Crippen molar-refractivity contribution in [1.29, 1.82) is 0 Å². The van der Waals surface area contributed by atoms with Crippen LogP contribution in [0.5, 0.6) is 11.5 Å². The number of hydrogen-bond donors (Lipinski definition) is 0. The van der Waals surface area contributed by atoms with Gasteiger partial charge in [0, 0.05) is 25.8 Å². The van der Waals surface area contributed by atoms with Crippen LogP contribution in [-0.2, 0) is 11.8 Å². The van der Waals surface area contributed by atoms with Gasteiger partial charge in [0.1, 0.15) is 17.3 Å². The molecule has 0 amide bonds. The van der Waals surface area contributed by atoms with Crippen LogP contribution in [0.15, 0.2) is 182 Å². The van der Waals surface area contributed by atoms with Crippen LogP contribution in [0.25, 0.3) is 72.3 Å². The van der Waals surface area contributed by atoms with E-state index in [1.807, 2.05) is 81.6 Å². The largest absolute Gasteiger partial charge is 0.458 e. The van der Waals surface area contributed by atoms with E-state index in [4.69, 9.17) is 23.4 Å². The highest BCUT2D eigenvalue weighted by Gasteiger charge is 2.22. The average molecular weight is 819 g/mol. The van der Waals surface area contributed by atoms with E-state index in [0.29, 0.717) is 33.8 Å². The fraction of sp³-hybridized carbons (Fsp3) is 0.158. The molecule has 0 N–H and O–H groups in total. The Hall–Kier alpha value is -7.24. The first-order valence-corrected chi connectivity index (χ1v) is 20.5. The molecular weight excluding hydrogens is 757 g/mol. The van der Waals surface area contributed by atoms with Gasteiger partial charge in [-0.25, -0.2) is 4.98 Å². The van der Waals surface area contributed by atoms with Gasteiger partial charge in [-0.2, -0.15) is 0 Å². The highest BCUT2D eigenvalue weighted by molar-refractivity contribution is 6.09. The number of para-hydroxylation sites is 2. The van der Waals surface area contributed by atoms with Gasteiger partial charge in [-0.15, -0.1) is 0 Å². The lowest BCUT2D eigenvalue weighted by Gasteiger charge is -2.20. The van der Waals surface area contributed by atoms with Gasteiger partial charge in [-0.05, 0) is 99.6 Å². The summed E-state index contributed by atoms with van der Waals surface area (Å²) < 4.78 is 119. The fourth-order valence-corrected chi connectivity index (χ4v) is 8.02. The summed E-state index contributed by atoms with van der Waals surface area (Å²) in [6.45, 7) is 11.9. The van der Waals surface area contributed by atoms with Gasteiger partial charge in [0.05, 0.1) is 47.1 Å². The minimum absolute atomic E-state index is 0.0888. The molecule has 3 heterocycles. The Balaban J connectivity index is 1.21. The monoisotopic (exact) mass is 818 g/mol. The maximum absolute atomic E-state index is 9.33. The van der Waals surface area contributed by atoms with E-state index in [0.717, 1.165) is 33.2 Å². The number of rotatable bonds is 8. The molecule has 0 saturated carbocycles. The van der Waals surface area contributed by atoms with E-state index in [2.05, 4.69) is 49.9 Å². The van der Waals surface area contributed by atoms with Gasteiger partial charge in [-0.3, -0.25) is 13.7 Å². The molecule has 5 heteroatoms. The molecule has 0 fully saturated rings. The first kappa shape index (κ1) is 27.6. The highest BCUT2D eigenvalue weighted by Crippen LogP contribution is 2.38. The molecule has 0 aliphatic carbocycles. The maximum Gasteiger partial charge on any atom is 0.269 e. The van der Waals surface area contributed by atoms with Crippen LogP contribution < -0.4 is 9.30 Å². The van der Waals surface area contributed by atoms with Crippen molar-refractivity contribution in [2.45, 2.75) is 53.3 Å². The number of imidazole rings is 1. The fourth-order valence-electron chi connectivity index (χ4n) is 8.02. The van der Waals surface area contributed by atoms with Crippen LogP contribution in [0.2, 0.25) is 0 Å². The first-order valence-electron chi connectivity index (χ1n) is 26.5. The Labute approximate surface area is 381 Å². The lowest BCUT2D eigenvalue weighted by atomic mass is 9.88. The summed E-state index contributed by atoms with van der Waals surface area (Å²) in [5.41, 5.74) is 3.64. The van der Waals surface area contributed by atoms with E-state index >= 15 is 0 Å². The molecule has 10 aromatic rings. The topological polar surface area (TPSA) is 35.9 Å². The Morgan fingerprint density at radius 3 is 2.03 bits per heavy atom. The van der Waals surface area contributed by atoms with Crippen molar-refractivity contribution in [1.82, 2.24) is 14.1 Å². The minimum Gasteiger partial charge on any atom is -0.458 e. The van der Waals surface area contributed by atoms with Gasteiger partial charge >= 0.3 is 0 Å². The molecule has 0 aliphatic rings. The number of benzene rings is 7. The molecule has 0 unspecified atom stereocenters. The molecule has 0 radical (unpaired) electrons. The number of fused-ring (bicyclic) bond motifs is 4. The molecule has 0 aliphatic heterocycles. The normalized spacial score (nSPS) is 15.1. The molecule has 0 atom stereocenters. The second kappa shape index (κ2) is 15.3. The molecule has 0 saturated heterocycles. The molecule has 5 nitrogen and oxygen atoms in total. The van der Waals surface area contributed by atoms with Gasteiger partial charge in [-0.1, -0.05) is 162 Å². The molecule has 3 aromatic heterocycles. The van der Waals surface area contributed by atoms with Crippen molar-refractivity contribution in [2.24, 2.45) is 5.41 Å². The number of pyridine rings is 1. The quantitative estimate of drug-likeness (QED) is 0.113. The standard InChI is InChI=1S/C57H50N4O/c1-56(2,3)37-39-27-30-51-53(33-39)59(38-60(51)55-46(40-17-9-7-10-18-40)24-16-25-47(55)41-19-11-8-12-20-41)43-21-15-22-44(35-43)62-45-28-29-49-48-23-13-14-26-50(48)61(52(49)36-45)54-34-42(31-32-58-54)57(4,5)6/h7-36H,37H2,1-6H3/i7D,8D,9D,10D,11D,12D,17D,18D,19D,20D,37D2. The zero-order valence-electron chi connectivity index (χ0n) is 47.2. The van der Waals surface area contributed by atoms with E-state index in [9.17, 15) is 2.74 Å². The van der Waals surface area contributed by atoms with Crippen molar-refractivity contribution in [3.63, 3.8) is 0 Å². The number of aromatic nitrogens is 4. The van der Waals surface area contributed by atoms with Gasteiger partial charge < -0.3 is 4.74 Å². The molecule has 10 rings (SSSR count). The number of ether oxygens (including phenoxy) is 1. The molecule has 7 aromatic carbocycles. The van der Waals surface area contributed by atoms with Crippen LogP contribution in [0, 0.1) is 11.7 Å². The van der Waals surface area contributed by atoms with Gasteiger partial charge in [0.2, 0.25) is 0 Å². The molecular formula is C57H50N4O. The highest BCUT2D eigenvalue weighted by atomic mass is 16.5. The van der Waals surface area contributed by atoms with Crippen LogP contribution >= 0.6 is 0 Å². The summed E-state index contributed by atoms with van der Waals surface area (Å²) in [7, 11) is 0. The molecule has 0 bridgehead atoms. The van der Waals surface area contributed by atoms with E-state index < -0.39 is 72.2 Å². The van der Waals surface area contributed by atoms with Crippen molar-refractivity contribution in [2.75, 3.05) is 0 Å². The van der Waals surface area contributed by atoms with E-state index in [-0.39, 0.29) is 33.4 Å². The zero-order valence-corrected chi connectivity index (χ0v) is 35.2. The molecule has 0 spiro atoms. The molecule has 62 heavy (non-hydrogen) atoms. The van der Waals surface area contributed by atoms with Crippen molar-refractivity contribution >= 4 is 32.8 Å². The van der Waals surface area contributed by atoms with Crippen LogP contribution in [-0.4, -0.2) is 14.1 Å². The second-order valence-corrected chi connectivity index (χ2v) is 17.3. The lowest BCUT2D eigenvalue weighted by Crippen LogP contribution is -2.31. The van der Waals surface area contributed by atoms with Crippen molar-refractivity contribution < 1.29 is 25.8 Å². The minimum atomic E-state index is -1.86. The van der Waals surface area contributed by atoms with Crippen LogP contribution in [0.4, 0.5) is 0 Å². The van der Waals surface area contributed by atoms with Crippen LogP contribution in [0.3, 0.4) is 0 Å². The number of nitrogens with zero attached hydrogens (tertiary/aromatic N) is 4. The average Bonchev–Trinajstić information content (AvgIpc) is 3.93. The van der Waals surface area contributed by atoms with Gasteiger partial charge in [0.25, 0.3) is 6.33 Å². The molecule has 304 valence electrons. The van der Waals surface area contributed by atoms with E-state index in [1.54, 1.807) is 51.6 Å². The summed E-state index contributed by atoms with van der Waals surface area (Å²) in [6.07, 6.45) is 3.40. The summed E-state index contributed by atoms with van der Waals surface area (Å²) in [5.74, 6) is 1.75. The van der Waals surface area contributed by atoms with Crippen molar-refractivity contribution in [3.05, 3.63) is 199 Å². The Bertz CT molecular complexity index is 3810.